The first-order valence-electron chi connectivity index (χ1n) is 8.62. The summed E-state index contributed by atoms with van der Waals surface area (Å²) < 4.78 is 11.7. The Balaban J connectivity index is 4.83. The van der Waals surface area contributed by atoms with E-state index in [0.717, 1.165) is 12.0 Å². The van der Waals surface area contributed by atoms with Gasteiger partial charge in [-0.15, -0.1) is 6.58 Å². The second-order valence-electron chi connectivity index (χ2n) is 8.12. The Morgan fingerprint density at radius 1 is 1.25 bits per heavy atom. The molecular formula is C20H36O3Si. The molecule has 0 aromatic heterocycles. The zero-order chi connectivity index (χ0) is 19.1. The summed E-state index contributed by atoms with van der Waals surface area (Å²) in [5.41, 5.74) is 1.56. The summed E-state index contributed by atoms with van der Waals surface area (Å²) in [7, 11) is -1.72. The second kappa shape index (κ2) is 9.38. The normalized spacial score (nSPS) is 15.6. The first-order chi connectivity index (χ1) is 10.8. The number of carbonyl (C=O) groups is 1. The third-order valence-electron chi connectivity index (χ3n) is 4.70. The lowest BCUT2D eigenvalue weighted by molar-refractivity contribution is -0.143. The minimum atomic E-state index is -1.72. The van der Waals surface area contributed by atoms with Gasteiger partial charge in [-0.3, -0.25) is 0 Å². The van der Waals surface area contributed by atoms with Crippen molar-refractivity contribution in [3.8, 4) is 0 Å². The van der Waals surface area contributed by atoms with Crippen LogP contribution in [0.4, 0.5) is 0 Å². The van der Waals surface area contributed by atoms with Crippen LogP contribution in [0.2, 0.25) is 18.1 Å². The van der Waals surface area contributed by atoms with E-state index < -0.39 is 8.32 Å². The molecule has 0 bridgehead atoms. The molecule has 0 aliphatic rings. The summed E-state index contributed by atoms with van der Waals surface area (Å²) in [5.74, 6) is -0.320. The van der Waals surface area contributed by atoms with E-state index in [0.29, 0.717) is 12.2 Å². The molecule has 0 aliphatic heterocycles. The smallest absolute Gasteiger partial charge is 0.333 e. The molecule has 0 spiro atoms. The van der Waals surface area contributed by atoms with Crippen molar-refractivity contribution in [3.63, 3.8) is 0 Å². The third kappa shape index (κ3) is 7.62. The molecule has 0 saturated carbocycles. The van der Waals surface area contributed by atoms with Crippen LogP contribution < -0.4 is 0 Å². The van der Waals surface area contributed by atoms with Gasteiger partial charge >= 0.3 is 5.97 Å². The molecule has 2 atom stereocenters. The summed E-state index contributed by atoms with van der Waals surface area (Å²) in [4.78, 5) is 11.8. The minimum absolute atomic E-state index is 0.0459. The molecule has 3 nitrogen and oxygen atoms in total. The van der Waals surface area contributed by atoms with Crippen LogP contribution in [0.3, 0.4) is 0 Å². The molecule has 0 rings (SSSR count). The van der Waals surface area contributed by atoms with Crippen LogP contribution in [-0.4, -0.2) is 27.0 Å². The summed E-state index contributed by atoms with van der Waals surface area (Å²) >= 11 is 0. The Morgan fingerprint density at radius 2 is 1.79 bits per heavy atom. The van der Waals surface area contributed by atoms with Gasteiger partial charge in [0.1, 0.15) is 6.10 Å². The van der Waals surface area contributed by atoms with Crippen molar-refractivity contribution < 1.29 is 14.0 Å². The van der Waals surface area contributed by atoms with Crippen molar-refractivity contribution in [1.82, 2.24) is 0 Å². The number of ether oxygens (including phenoxy) is 1. The average molecular weight is 353 g/mol. The van der Waals surface area contributed by atoms with Gasteiger partial charge in [0.25, 0.3) is 0 Å². The molecule has 0 heterocycles. The van der Waals surface area contributed by atoms with Gasteiger partial charge in [0.2, 0.25) is 0 Å². The Kier molecular flexibility index (Phi) is 8.93. The molecule has 0 amide bonds. The molecular weight excluding hydrogens is 316 g/mol. The minimum Gasteiger partial charge on any atom is -0.454 e. The Morgan fingerprint density at radius 3 is 2.21 bits per heavy atom. The van der Waals surface area contributed by atoms with E-state index in [1.165, 1.54) is 0 Å². The molecule has 0 fully saturated rings. The van der Waals surface area contributed by atoms with Crippen molar-refractivity contribution in [2.45, 2.75) is 72.2 Å². The maximum Gasteiger partial charge on any atom is 0.333 e. The summed E-state index contributed by atoms with van der Waals surface area (Å²) in [6.07, 6.45) is 4.31. The van der Waals surface area contributed by atoms with Crippen LogP contribution in [0, 0.1) is 5.92 Å². The van der Waals surface area contributed by atoms with Gasteiger partial charge in [-0.25, -0.2) is 4.79 Å². The molecule has 0 saturated heterocycles. The highest BCUT2D eigenvalue weighted by Gasteiger charge is 2.36. The summed E-state index contributed by atoms with van der Waals surface area (Å²) in [5, 5.41) is 0.210. The number of hydrogen-bond donors (Lipinski definition) is 0. The Hall–Kier alpha value is -1.13. The highest BCUT2D eigenvalue weighted by atomic mass is 28.4. The fraction of sp³-hybridized carbons (Fsp3) is 0.650. The number of esters is 1. The average Bonchev–Trinajstić information content (AvgIpc) is 2.43. The standard InChI is InChI=1S/C20H36O3Si/c1-11-17(5)18(23-19(21)15(2)3)14-16(4)12-13-22-24(9,10)20(6,7)8/h11,14,17-18H,1-2,12-13H2,3-10H3/b16-14+/t17-,18+/m0/s1. The van der Waals surface area contributed by atoms with Crippen LogP contribution in [0.15, 0.2) is 36.5 Å². The maximum absolute atomic E-state index is 11.8. The predicted molar refractivity (Wildman–Crippen MR) is 106 cm³/mol. The lowest BCUT2D eigenvalue weighted by atomic mass is 10.0. The van der Waals surface area contributed by atoms with E-state index in [4.69, 9.17) is 9.16 Å². The first kappa shape index (κ1) is 22.9. The SMILES string of the molecule is C=C[C@H](C)[C@@H](/C=C(\C)CCO[Si](C)(C)C(C)(C)C)OC(=O)C(=C)C. The van der Waals surface area contributed by atoms with Gasteiger partial charge in [-0.1, -0.05) is 45.9 Å². The predicted octanol–water partition coefficient (Wildman–Crippen LogP) is 5.65. The van der Waals surface area contributed by atoms with Crippen LogP contribution in [0.5, 0.6) is 0 Å². The van der Waals surface area contributed by atoms with Gasteiger partial charge in [0.15, 0.2) is 8.32 Å². The largest absolute Gasteiger partial charge is 0.454 e. The Bertz CT molecular complexity index is 484. The molecule has 0 N–H and O–H groups in total. The van der Waals surface area contributed by atoms with Gasteiger partial charge in [0.05, 0.1) is 0 Å². The van der Waals surface area contributed by atoms with Crippen molar-refractivity contribution in [1.29, 1.82) is 0 Å². The zero-order valence-electron chi connectivity index (χ0n) is 16.9. The van der Waals surface area contributed by atoms with Crippen molar-refractivity contribution in [2.24, 2.45) is 5.92 Å². The number of carbonyl (C=O) groups excluding carboxylic acids is 1. The van der Waals surface area contributed by atoms with E-state index in [1.807, 2.05) is 19.9 Å². The lowest BCUT2D eigenvalue weighted by Gasteiger charge is -2.36. The van der Waals surface area contributed by atoms with Crippen LogP contribution in [-0.2, 0) is 14.0 Å². The quantitative estimate of drug-likeness (QED) is 0.233. The van der Waals surface area contributed by atoms with Crippen molar-refractivity contribution in [3.05, 3.63) is 36.5 Å². The highest BCUT2D eigenvalue weighted by molar-refractivity contribution is 6.74. The number of rotatable bonds is 9. The van der Waals surface area contributed by atoms with Gasteiger partial charge in [-0.2, -0.15) is 0 Å². The van der Waals surface area contributed by atoms with Gasteiger partial charge in [-0.05, 0) is 44.5 Å². The molecule has 0 aromatic rings. The van der Waals surface area contributed by atoms with Crippen molar-refractivity contribution in [2.75, 3.05) is 6.61 Å². The summed E-state index contributed by atoms with van der Waals surface area (Å²) in [6.45, 7) is 25.0. The molecule has 0 aliphatic carbocycles. The third-order valence-corrected chi connectivity index (χ3v) is 9.23. The van der Waals surface area contributed by atoms with E-state index in [-0.39, 0.29) is 23.0 Å². The molecule has 0 aromatic carbocycles. The molecule has 0 radical (unpaired) electrons. The second-order valence-corrected chi connectivity index (χ2v) is 12.9. The lowest BCUT2D eigenvalue weighted by Crippen LogP contribution is -2.41. The fourth-order valence-corrected chi connectivity index (χ4v) is 2.74. The fourth-order valence-electron chi connectivity index (χ4n) is 1.70. The van der Waals surface area contributed by atoms with E-state index in [1.54, 1.807) is 13.0 Å². The highest BCUT2D eigenvalue weighted by Crippen LogP contribution is 2.36. The zero-order valence-corrected chi connectivity index (χ0v) is 17.9. The van der Waals surface area contributed by atoms with E-state index in [9.17, 15) is 4.79 Å². The monoisotopic (exact) mass is 352 g/mol. The molecule has 0 unspecified atom stereocenters. The number of hydrogen-bond acceptors (Lipinski definition) is 3. The Labute approximate surface area is 149 Å². The van der Waals surface area contributed by atoms with Gasteiger partial charge in [0, 0.05) is 18.1 Å². The molecule has 138 valence electrons. The van der Waals surface area contributed by atoms with E-state index in [2.05, 4.69) is 47.0 Å². The van der Waals surface area contributed by atoms with Gasteiger partial charge < -0.3 is 9.16 Å². The maximum atomic E-state index is 11.8. The van der Waals surface area contributed by atoms with Crippen LogP contribution in [0.25, 0.3) is 0 Å². The van der Waals surface area contributed by atoms with Crippen molar-refractivity contribution >= 4 is 14.3 Å². The summed E-state index contributed by atoms with van der Waals surface area (Å²) in [6, 6.07) is 0. The molecule has 24 heavy (non-hydrogen) atoms. The first-order valence-corrected chi connectivity index (χ1v) is 11.5. The molecule has 4 heteroatoms. The van der Waals surface area contributed by atoms with E-state index >= 15 is 0 Å². The topological polar surface area (TPSA) is 35.5 Å². The van der Waals surface area contributed by atoms with Crippen LogP contribution >= 0.6 is 0 Å². The van der Waals surface area contributed by atoms with Crippen LogP contribution in [0.1, 0.15) is 48.0 Å².